The molecule has 0 aliphatic heterocycles. The molecule has 0 fully saturated rings. The van der Waals surface area contributed by atoms with Crippen LogP contribution in [0.5, 0.6) is 0 Å². The highest BCUT2D eigenvalue weighted by atomic mass is 14.5. The van der Waals surface area contributed by atoms with Crippen LogP contribution >= 0.6 is 0 Å². The second kappa shape index (κ2) is 4.18. The molecule has 0 heterocycles. The van der Waals surface area contributed by atoms with Gasteiger partial charge in [0, 0.05) is 5.70 Å². The van der Waals surface area contributed by atoms with Gasteiger partial charge in [-0.25, -0.2) is 0 Å². The standard InChI is InChI=1S/C14H15N/c1-11(15)6-7-12-8-9-13-4-2-3-5-14(13)10-12/h2-9H,10,15H2,1H3/b11-6-,12-7-. The van der Waals surface area contributed by atoms with Gasteiger partial charge in [-0.1, -0.05) is 42.5 Å². The van der Waals surface area contributed by atoms with E-state index in [1.54, 1.807) is 0 Å². The zero-order valence-electron chi connectivity index (χ0n) is 8.90. The van der Waals surface area contributed by atoms with E-state index in [2.05, 4.69) is 42.5 Å². The number of benzene rings is 1. The van der Waals surface area contributed by atoms with Crippen molar-refractivity contribution in [1.82, 2.24) is 0 Å². The minimum Gasteiger partial charge on any atom is -0.402 e. The normalized spacial score (nSPS) is 17.9. The number of fused-ring (bicyclic) bond motifs is 1. The molecule has 1 aromatic rings. The summed E-state index contributed by atoms with van der Waals surface area (Å²) < 4.78 is 0. The number of allylic oxidation sites excluding steroid dienone is 5. The van der Waals surface area contributed by atoms with Crippen LogP contribution in [0.15, 0.2) is 53.8 Å². The van der Waals surface area contributed by atoms with Crippen LogP contribution < -0.4 is 5.73 Å². The lowest BCUT2D eigenvalue weighted by Crippen LogP contribution is -1.96. The molecular formula is C14H15N. The zero-order valence-corrected chi connectivity index (χ0v) is 8.90. The van der Waals surface area contributed by atoms with Gasteiger partial charge in [0.2, 0.25) is 0 Å². The third-order valence-corrected chi connectivity index (χ3v) is 2.49. The lowest BCUT2D eigenvalue weighted by atomic mass is 9.94. The third-order valence-electron chi connectivity index (χ3n) is 2.49. The van der Waals surface area contributed by atoms with Crippen molar-refractivity contribution in [3.8, 4) is 0 Å². The van der Waals surface area contributed by atoms with Crippen LogP contribution in [0.1, 0.15) is 18.1 Å². The fourth-order valence-corrected chi connectivity index (χ4v) is 1.69. The monoisotopic (exact) mass is 197 g/mol. The van der Waals surface area contributed by atoms with E-state index in [1.807, 2.05) is 13.0 Å². The molecule has 0 saturated carbocycles. The van der Waals surface area contributed by atoms with E-state index in [1.165, 1.54) is 16.7 Å². The van der Waals surface area contributed by atoms with Crippen LogP contribution in [0.25, 0.3) is 6.08 Å². The average molecular weight is 197 g/mol. The number of rotatable bonds is 1. The van der Waals surface area contributed by atoms with Gasteiger partial charge in [-0.15, -0.1) is 0 Å². The Morgan fingerprint density at radius 1 is 1.27 bits per heavy atom. The fraction of sp³-hybridized carbons (Fsp3) is 0.143. The number of hydrogen-bond donors (Lipinski definition) is 1. The third kappa shape index (κ3) is 2.38. The first-order valence-corrected chi connectivity index (χ1v) is 5.14. The lowest BCUT2D eigenvalue weighted by molar-refractivity contribution is 1.17. The maximum atomic E-state index is 5.60. The van der Waals surface area contributed by atoms with Crippen LogP contribution in [-0.4, -0.2) is 0 Å². The highest BCUT2D eigenvalue weighted by molar-refractivity contribution is 5.62. The Kier molecular flexibility index (Phi) is 2.72. The molecule has 0 unspecified atom stereocenters. The average Bonchev–Trinajstić information content (AvgIpc) is 2.26. The molecule has 1 nitrogen and oxygen atoms in total. The molecule has 15 heavy (non-hydrogen) atoms. The summed E-state index contributed by atoms with van der Waals surface area (Å²) in [7, 11) is 0. The minimum atomic E-state index is 0.842. The van der Waals surface area contributed by atoms with Gasteiger partial charge < -0.3 is 5.73 Å². The Morgan fingerprint density at radius 2 is 2.07 bits per heavy atom. The molecule has 0 spiro atoms. The second-order valence-electron chi connectivity index (χ2n) is 3.86. The summed E-state index contributed by atoms with van der Waals surface area (Å²) in [5, 5.41) is 0. The van der Waals surface area contributed by atoms with Gasteiger partial charge in [0.1, 0.15) is 0 Å². The highest BCUT2D eigenvalue weighted by Crippen LogP contribution is 2.21. The SMILES string of the molecule is C/C(N)=C/C=C1/C=Cc2ccccc2C1. The van der Waals surface area contributed by atoms with Crippen LogP contribution in [0.4, 0.5) is 0 Å². The van der Waals surface area contributed by atoms with E-state index in [0.29, 0.717) is 0 Å². The van der Waals surface area contributed by atoms with Crippen molar-refractivity contribution in [2.24, 2.45) is 5.73 Å². The van der Waals surface area contributed by atoms with Crippen molar-refractivity contribution < 1.29 is 0 Å². The van der Waals surface area contributed by atoms with Gasteiger partial charge in [0.25, 0.3) is 0 Å². The van der Waals surface area contributed by atoms with E-state index >= 15 is 0 Å². The van der Waals surface area contributed by atoms with E-state index < -0.39 is 0 Å². The van der Waals surface area contributed by atoms with Gasteiger partial charge in [-0.05, 0) is 36.1 Å². The van der Waals surface area contributed by atoms with Gasteiger partial charge >= 0.3 is 0 Å². The molecule has 0 amide bonds. The van der Waals surface area contributed by atoms with Crippen molar-refractivity contribution in [3.05, 3.63) is 64.9 Å². The summed E-state index contributed by atoms with van der Waals surface area (Å²) in [4.78, 5) is 0. The quantitative estimate of drug-likeness (QED) is 0.735. The van der Waals surface area contributed by atoms with Crippen LogP contribution in [0, 0.1) is 0 Å². The predicted octanol–water partition coefficient (Wildman–Crippen LogP) is 3.04. The molecule has 1 heteroatoms. The first-order chi connectivity index (χ1) is 7.25. The maximum absolute atomic E-state index is 5.60. The Labute approximate surface area is 90.6 Å². The second-order valence-corrected chi connectivity index (χ2v) is 3.86. The van der Waals surface area contributed by atoms with Gasteiger partial charge in [-0.3, -0.25) is 0 Å². The predicted molar refractivity (Wildman–Crippen MR) is 65.2 cm³/mol. The summed E-state index contributed by atoms with van der Waals surface area (Å²) in [6, 6.07) is 8.47. The van der Waals surface area contributed by atoms with Crippen molar-refractivity contribution >= 4 is 6.08 Å². The lowest BCUT2D eigenvalue weighted by Gasteiger charge is -2.11. The number of nitrogens with two attached hydrogens (primary N) is 1. The van der Waals surface area contributed by atoms with Crippen LogP contribution in [0.2, 0.25) is 0 Å². The Bertz CT molecular complexity index is 446. The van der Waals surface area contributed by atoms with Gasteiger partial charge in [0.05, 0.1) is 0 Å². The van der Waals surface area contributed by atoms with E-state index in [-0.39, 0.29) is 0 Å². The fourth-order valence-electron chi connectivity index (χ4n) is 1.69. The highest BCUT2D eigenvalue weighted by Gasteiger charge is 2.05. The summed E-state index contributed by atoms with van der Waals surface area (Å²) >= 11 is 0. The molecule has 0 saturated heterocycles. The Balaban J connectivity index is 2.26. The Morgan fingerprint density at radius 3 is 2.87 bits per heavy atom. The van der Waals surface area contributed by atoms with Crippen molar-refractivity contribution in [1.29, 1.82) is 0 Å². The molecule has 0 radical (unpaired) electrons. The molecule has 76 valence electrons. The largest absolute Gasteiger partial charge is 0.402 e. The van der Waals surface area contributed by atoms with Crippen LogP contribution in [0.3, 0.4) is 0 Å². The first kappa shape index (κ1) is 9.78. The topological polar surface area (TPSA) is 26.0 Å². The summed E-state index contributed by atoms with van der Waals surface area (Å²) in [6.07, 6.45) is 9.35. The molecular weight excluding hydrogens is 182 g/mol. The number of hydrogen-bond acceptors (Lipinski definition) is 1. The van der Waals surface area contributed by atoms with E-state index in [0.717, 1.165) is 12.1 Å². The molecule has 0 atom stereocenters. The van der Waals surface area contributed by atoms with Gasteiger partial charge in [0.15, 0.2) is 0 Å². The Hall–Kier alpha value is -1.76. The molecule has 1 aliphatic carbocycles. The summed E-state index contributed by atoms with van der Waals surface area (Å²) in [5.74, 6) is 0. The summed E-state index contributed by atoms with van der Waals surface area (Å²) in [6.45, 7) is 1.90. The van der Waals surface area contributed by atoms with Crippen molar-refractivity contribution in [2.45, 2.75) is 13.3 Å². The summed E-state index contributed by atoms with van der Waals surface area (Å²) in [5.41, 5.74) is 10.4. The van der Waals surface area contributed by atoms with Crippen molar-refractivity contribution in [2.75, 3.05) is 0 Å². The molecule has 0 bridgehead atoms. The van der Waals surface area contributed by atoms with E-state index in [9.17, 15) is 0 Å². The van der Waals surface area contributed by atoms with Crippen molar-refractivity contribution in [3.63, 3.8) is 0 Å². The van der Waals surface area contributed by atoms with Gasteiger partial charge in [-0.2, -0.15) is 0 Å². The maximum Gasteiger partial charge on any atom is 0.00489 e. The molecule has 2 rings (SSSR count). The van der Waals surface area contributed by atoms with Crippen LogP contribution in [-0.2, 0) is 6.42 Å². The molecule has 2 N–H and O–H groups in total. The smallest absolute Gasteiger partial charge is 0.00489 e. The molecule has 1 aromatic carbocycles. The molecule has 0 aromatic heterocycles. The molecule has 1 aliphatic rings. The first-order valence-electron chi connectivity index (χ1n) is 5.14. The zero-order chi connectivity index (χ0) is 10.7. The minimum absolute atomic E-state index is 0.842. The van der Waals surface area contributed by atoms with E-state index in [4.69, 9.17) is 5.73 Å².